The van der Waals surface area contributed by atoms with Crippen LogP contribution in [0, 0.1) is 11.6 Å². The number of hydrogen-bond acceptors (Lipinski definition) is 3. The first-order chi connectivity index (χ1) is 10.8. The molecule has 0 aliphatic heterocycles. The highest BCUT2D eigenvalue weighted by atomic mass is 32.2. The molecule has 0 spiro atoms. The lowest BCUT2D eigenvalue weighted by Gasteiger charge is -2.11. The Bertz CT molecular complexity index is 835. The van der Waals surface area contributed by atoms with Crippen molar-refractivity contribution >= 4 is 21.4 Å². The summed E-state index contributed by atoms with van der Waals surface area (Å²) < 4.78 is 50.9. The largest absolute Gasteiger partial charge is 0.319 e. The van der Waals surface area contributed by atoms with Crippen molar-refractivity contribution in [2.24, 2.45) is 0 Å². The summed E-state index contributed by atoms with van der Waals surface area (Å²) in [5.41, 5.74) is -0.302. The predicted octanol–water partition coefficient (Wildman–Crippen LogP) is 3.40. The van der Waals surface area contributed by atoms with Gasteiger partial charge in [0.15, 0.2) is 9.84 Å². The number of carbonyl (C=O) groups is 1. The Morgan fingerprint density at radius 2 is 1.83 bits per heavy atom. The summed E-state index contributed by atoms with van der Waals surface area (Å²) in [5.74, 6) is -2.58. The third-order valence-electron chi connectivity index (χ3n) is 3.12. The fraction of sp³-hybridized carbons (Fsp3) is 0.188. The van der Waals surface area contributed by atoms with Gasteiger partial charge in [-0.2, -0.15) is 0 Å². The molecule has 0 saturated carbocycles. The maximum atomic E-state index is 13.6. The average molecular weight is 339 g/mol. The summed E-state index contributed by atoms with van der Waals surface area (Å²) in [6.45, 7) is 1.72. The summed E-state index contributed by atoms with van der Waals surface area (Å²) >= 11 is 0. The summed E-state index contributed by atoms with van der Waals surface area (Å²) in [6, 6.07) is 8.42. The van der Waals surface area contributed by atoms with Gasteiger partial charge in [0.1, 0.15) is 11.6 Å². The second kappa shape index (κ2) is 6.87. The average Bonchev–Trinajstić information content (AvgIpc) is 2.50. The van der Waals surface area contributed by atoms with Gasteiger partial charge in [-0.15, -0.1) is 0 Å². The van der Waals surface area contributed by atoms with Crippen molar-refractivity contribution in [1.29, 1.82) is 0 Å². The van der Waals surface area contributed by atoms with Crippen molar-refractivity contribution < 1.29 is 22.0 Å². The molecule has 0 atom stereocenters. The van der Waals surface area contributed by atoms with Crippen LogP contribution in [0.15, 0.2) is 47.4 Å². The third kappa shape index (κ3) is 3.92. The van der Waals surface area contributed by atoms with Crippen LogP contribution in [0.1, 0.15) is 23.7 Å². The number of anilines is 1. The van der Waals surface area contributed by atoms with Gasteiger partial charge in [-0.05, 0) is 30.7 Å². The summed E-state index contributed by atoms with van der Waals surface area (Å²) in [4.78, 5) is 12.2. The van der Waals surface area contributed by atoms with E-state index in [1.54, 1.807) is 6.92 Å². The van der Waals surface area contributed by atoms with E-state index in [4.69, 9.17) is 0 Å². The minimum Gasteiger partial charge on any atom is -0.319 e. The van der Waals surface area contributed by atoms with Gasteiger partial charge in [-0.3, -0.25) is 4.79 Å². The highest BCUT2D eigenvalue weighted by Crippen LogP contribution is 2.21. The van der Waals surface area contributed by atoms with Crippen molar-refractivity contribution in [3.8, 4) is 0 Å². The molecule has 0 heterocycles. The van der Waals surface area contributed by atoms with Crippen LogP contribution >= 0.6 is 0 Å². The zero-order chi connectivity index (χ0) is 17.0. The minimum absolute atomic E-state index is 0.0790. The van der Waals surface area contributed by atoms with E-state index in [-0.39, 0.29) is 21.9 Å². The third-order valence-corrected chi connectivity index (χ3v) is 5.09. The first-order valence-electron chi connectivity index (χ1n) is 6.93. The number of benzene rings is 2. The molecule has 0 unspecified atom stereocenters. The van der Waals surface area contributed by atoms with E-state index in [1.807, 2.05) is 0 Å². The van der Waals surface area contributed by atoms with Crippen molar-refractivity contribution in [1.82, 2.24) is 0 Å². The molecule has 1 N–H and O–H groups in total. The number of nitrogens with one attached hydrogen (secondary N) is 1. The molecule has 0 aromatic heterocycles. The Balaban J connectivity index is 2.37. The zero-order valence-corrected chi connectivity index (χ0v) is 13.2. The molecular formula is C16H15F2NO3S. The minimum atomic E-state index is -3.61. The van der Waals surface area contributed by atoms with E-state index in [1.165, 1.54) is 24.3 Å². The van der Waals surface area contributed by atoms with E-state index in [0.29, 0.717) is 12.5 Å². The molecule has 1 amide bonds. The zero-order valence-electron chi connectivity index (χ0n) is 12.3. The predicted molar refractivity (Wildman–Crippen MR) is 83.1 cm³/mol. The number of sulfone groups is 1. The molecule has 2 aromatic rings. The van der Waals surface area contributed by atoms with E-state index in [9.17, 15) is 22.0 Å². The summed E-state index contributed by atoms with van der Waals surface area (Å²) in [5, 5.41) is 2.26. The molecule has 7 heteroatoms. The van der Waals surface area contributed by atoms with Gasteiger partial charge in [-0.25, -0.2) is 17.2 Å². The van der Waals surface area contributed by atoms with Gasteiger partial charge in [-0.1, -0.05) is 19.1 Å². The fourth-order valence-corrected chi connectivity index (χ4v) is 3.62. The first-order valence-corrected chi connectivity index (χ1v) is 8.58. The standard InChI is InChI=1S/C16H15F2NO3S/c1-2-9-23(21,22)15-6-4-3-5-12(15)16(20)19-14-8-7-11(17)10-13(14)18/h3-8,10H,2,9H2,1H3,(H,19,20). The maximum Gasteiger partial charge on any atom is 0.257 e. The van der Waals surface area contributed by atoms with E-state index in [2.05, 4.69) is 5.32 Å². The topological polar surface area (TPSA) is 63.2 Å². The molecule has 23 heavy (non-hydrogen) atoms. The van der Waals surface area contributed by atoms with Crippen molar-refractivity contribution in [3.63, 3.8) is 0 Å². The van der Waals surface area contributed by atoms with Gasteiger partial charge in [0, 0.05) is 6.07 Å². The summed E-state index contributed by atoms with van der Waals surface area (Å²) in [7, 11) is -3.61. The lowest BCUT2D eigenvalue weighted by molar-refractivity contribution is 0.102. The van der Waals surface area contributed by atoms with Crippen LogP contribution in [-0.2, 0) is 9.84 Å². The number of rotatable bonds is 5. The maximum absolute atomic E-state index is 13.6. The van der Waals surface area contributed by atoms with E-state index >= 15 is 0 Å². The normalized spacial score (nSPS) is 11.3. The smallest absolute Gasteiger partial charge is 0.257 e. The number of carbonyl (C=O) groups excluding carboxylic acids is 1. The van der Waals surface area contributed by atoms with Crippen molar-refractivity contribution in [2.75, 3.05) is 11.1 Å². The van der Waals surface area contributed by atoms with Crippen LogP contribution in [0.2, 0.25) is 0 Å². The molecule has 0 aliphatic carbocycles. The molecule has 2 aromatic carbocycles. The fourth-order valence-electron chi connectivity index (χ4n) is 2.08. The molecule has 0 fully saturated rings. The van der Waals surface area contributed by atoms with Crippen LogP contribution in [0.3, 0.4) is 0 Å². The molecule has 0 aliphatic rings. The summed E-state index contributed by atoms with van der Waals surface area (Å²) in [6.07, 6.45) is 0.408. The molecule has 0 saturated heterocycles. The van der Waals surface area contributed by atoms with Crippen molar-refractivity contribution in [2.45, 2.75) is 18.2 Å². The van der Waals surface area contributed by atoms with Crippen LogP contribution in [0.5, 0.6) is 0 Å². The monoisotopic (exact) mass is 339 g/mol. The van der Waals surface area contributed by atoms with Gasteiger partial charge < -0.3 is 5.32 Å². The number of amides is 1. The van der Waals surface area contributed by atoms with Crippen molar-refractivity contribution in [3.05, 3.63) is 59.7 Å². The van der Waals surface area contributed by atoms with E-state index < -0.39 is 27.4 Å². The van der Waals surface area contributed by atoms with Gasteiger partial charge >= 0.3 is 0 Å². The van der Waals surface area contributed by atoms with Crippen LogP contribution < -0.4 is 5.32 Å². The number of hydrogen-bond donors (Lipinski definition) is 1. The Hall–Kier alpha value is -2.28. The van der Waals surface area contributed by atoms with Gasteiger partial charge in [0.25, 0.3) is 5.91 Å². The second-order valence-corrected chi connectivity index (χ2v) is 6.97. The highest BCUT2D eigenvalue weighted by Gasteiger charge is 2.22. The Morgan fingerprint density at radius 3 is 2.48 bits per heavy atom. The lowest BCUT2D eigenvalue weighted by atomic mass is 10.2. The molecule has 122 valence electrons. The SMILES string of the molecule is CCCS(=O)(=O)c1ccccc1C(=O)Nc1ccc(F)cc1F. The molecule has 0 bridgehead atoms. The first kappa shape index (κ1) is 17.1. The van der Waals surface area contributed by atoms with Gasteiger partial charge in [0.2, 0.25) is 0 Å². The molecule has 4 nitrogen and oxygen atoms in total. The highest BCUT2D eigenvalue weighted by molar-refractivity contribution is 7.91. The van der Waals surface area contributed by atoms with E-state index in [0.717, 1.165) is 12.1 Å². The molecule has 2 rings (SSSR count). The quantitative estimate of drug-likeness (QED) is 0.908. The Labute approximate surface area is 133 Å². The number of halogens is 2. The van der Waals surface area contributed by atoms with Crippen LogP contribution in [0.4, 0.5) is 14.5 Å². The molecule has 0 radical (unpaired) electrons. The Kier molecular flexibility index (Phi) is 5.10. The van der Waals surface area contributed by atoms with Crippen LogP contribution in [0.25, 0.3) is 0 Å². The van der Waals surface area contributed by atoms with Gasteiger partial charge in [0.05, 0.1) is 21.9 Å². The second-order valence-electron chi connectivity index (χ2n) is 4.89. The van der Waals surface area contributed by atoms with Crippen LogP contribution in [-0.4, -0.2) is 20.1 Å². The lowest BCUT2D eigenvalue weighted by Crippen LogP contribution is -2.18. The molecular weight excluding hydrogens is 324 g/mol. The Morgan fingerprint density at radius 1 is 1.13 bits per heavy atom.